The second-order valence-corrected chi connectivity index (χ2v) is 5.10. The molecule has 0 aliphatic heterocycles. The van der Waals surface area contributed by atoms with Gasteiger partial charge in [-0.2, -0.15) is 18.3 Å². The summed E-state index contributed by atoms with van der Waals surface area (Å²) >= 11 is 0. The summed E-state index contributed by atoms with van der Waals surface area (Å²) in [7, 11) is 0. The number of fused-ring (bicyclic) bond motifs is 1. The Morgan fingerprint density at radius 3 is 2.67 bits per heavy atom. The van der Waals surface area contributed by atoms with E-state index in [1.807, 2.05) is 13.8 Å². The molecule has 110 valence electrons. The maximum Gasteiger partial charge on any atom is 0.418 e. The van der Waals surface area contributed by atoms with Gasteiger partial charge in [0.2, 0.25) is 0 Å². The topological polar surface area (TPSA) is 46.5 Å². The van der Waals surface area contributed by atoms with Gasteiger partial charge in [0.1, 0.15) is 5.65 Å². The van der Waals surface area contributed by atoms with Gasteiger partial charge in [-0.3, -0.25) is 4.68 Å². The molecule has 3 aromatic heterocycles. The van der Waals surface area contributed by atoms with Crippen molar-refractivity contribution in [1.82, 2.24) is 19.7 Å². The van der Waals surface area contributed by atoms with Crippen molar-refractivity contribution in [2.75, 3.05) is 0 Å². The van der Waals surface area contributed by atoms with E-state index in [1.54, 1.807) is 16.9 Å². The predicted octanol–water partition coefficient (Wildman–Crippen LogP) is 4.03. The fourth-order valence-electron chi connectivity index (χ4n) is 2.16. The first kappa shape index (κ1) is 13.7. The molecule has 4 nitrogen and oxygen atoms in total. The van der Waals surface area contributed by atoms with Crippen LogP contribution in [-0.4, -0.2) is 19.7 Å². The number of halogens is 3. The van der Waals surface area contributed by atoms with E-state index in [-0.39, 0.29) is 17.1 Å². The summed E-state index contributed by atoms with van der Waals surface area (Å²) < 4.78 is 40.5. The SMILES string of the molecule is CC(C)n1ccc(-c2cnc3[nH]cc(C(F)(F)F)c3c2)n1. The fraction of sp³-hybridized carbons (Fsp3) is 0.286. The highest BCUT2D eigenvalue weighted by atomic mass is 19.4. The van der Waals surface area contributed by atoms with Gasteiger partial charge < -0.3 is 4.98 Å². The lowest BCUT2D eigenvalue weighted by Crippen LogP contribution is -2.03. The molecule has 0 saturated carbocycles. The molecule has 0 amide bonds. The summed E-state index contributed by atoms with van der Waals surface area (Å²) in [5, 5.41) is 4.40. The molecule has 3 heterocycles. The van der Waals surface area contributed by atoms with Crippen molar-refractivity contribution in [3.8, 4) is 11.3 Å². The lowest BCUT2D eigenvalue weighted by atomic mass is 10.1. The highest BCUT2D eigenvalue weighted by molar-refractivity contribution is 5.84. The molecular weight excluding hydrogens is 281 g/mol. The number of H-pyrrole nitrogens is 1. The van der Waals surface area contributed by atoms with Crippen LogP contribution in [0.5, 0.6) is 0 Å². The van der Waals surface area contributed by atoms with Crippen molar-refractivity contribution < 1.29 is 13.2 Å². The molecular formula is C14H13F3N4. The summed E-state index contributed by atoms with van der Waals surface area (Å²) in [6.07, 6.45) is -0.151. The van der Waals surface area contributed by atoms with Gasteiger partial charge in [0.05, 0.1) is 11.3 Å². The number of rotatable bonds is 2. The van der Waals surface area contributed by atoms with Gasteiger partial charge in [0, 0.05) is 35.6 Å². The van der Waals surface area contributed by atoms with Crippen LogP contribution in [0.4, 0.5) is 13.2 Å². The van der Waals surface area contributed by atoms with Crippen LogP contribution in [0.3, 0.4) is 0 Å². The Hall–Kier alpha value is -2.31. The van der Waals surface area contributed by atoms with Crippen LogP contribution in [-0.2, 0) is 6.18 Å². The van der Waals surface area contributed by atoms with Crippen molar-refractivity contribution in [2.24, 2.45) is 0 Å². The van der Waals surface area contributed by atoms with Gasteiger partial charge in [-0.15, -0.1) is 0 Å². The quantitative estimate of drug-likeness (QED) is 0.775. The third kappa shape index (κ3) is 2.39. The molecule has 0 aliphatic rings. The van der Waals surface area contributed by atoms with Crippen LogP contribution in [0.25, 0.3) is 22.3 Å². The molecule has 21 heavy (non-hydrogen) atoms. The van der Waals surface area contributed by atoms with Crippen LogP contribution in [0.1, 0.15) is 25.5 Å². The van der Waals surface area contributed by atoms with E-state index >= 15 is 0 Å². The summed E-state index contributed by atoms with van der Waals surface area (Å²) in [6, 6.07) is 3.42. The highest BCUT2D eigenvalue weighted by Gasteiger charge is 2.34. The predicted molar refractivity (Wildman–Crippen MR) is 72.7 cm³/mol. The minimum atomic E-state index is -4.41. The normalized spacial score (nSPS) is 12.5. The molecule has 1 N–H and O–H groups in total. The number of hydrogen-bond donors (Lipinski definition) is 1. The molecule has 0 fully saturated rings. The van der Waals surface area contributed by atoms with E-state index in [1.165, 1.54) is 12.3 Å². The molecule has 3 rings (SSSR count). The van der Waals surface area contributed by atoms with E-state index in [0.717, 1.165) is 6.20 Å². The Labute approximate surface area is 118 Å². The van der Waals surface area contributed by atoms with Gasteiger partial charge in [-0.25, -0.2) is 4.98 Å². The monoisotopic (exact) mass is 294 g/mol. The Morgan fingerprint density at radius 1 is 1.29 bits per heavy atom. The van der Waals surface area contributed by atoms with Crippen molar-refractivity contribution in [1.29, 1.82) is 0 Å². The zero-order valence-corrected chi connectivity index (χ0v) is 11.4. The molecule has 0 atom stereocenters. The van der Waals surface area contributed by atoms with E-state index in [2.05, 4.69) is 15.1 Å². The number of alkyl halides is 3. The summed E-state index contributed by atoms with van der Waals surface area (Å²) in [5.74, 6) is 0. The number of pyridine rings is 1. The smallest absolute Gasteiger partial charge is 0.346 e. The van der Waals surface area contributed by atoms with Crippen LogP contribution in [0.2, 0.25) is 0 Å². The maximum absolute atomic E-state index is 12.9. The average molecular weight is 294 g/mol. The zero-order valence-electron chi connectivity index (χ0n) is 11.4. The fourth-order valence-corrected chi connectivity index (χ4v) is 2.16. The number of aromatic nitrogens is 4. The van der Waals surface area contributed by atoms with E-state index < -0.39 is 11.7 Å². The molecule has 7 heteroatoms. The first-order chi connectivity index (χ1) is 9.86. The second-order valence-electron chi connectivity index (χ2n) is 5.10. The number of hydrogen-bond acceptors (Lipinski definition) is 2. The molecule has 0 unspecified atom stereocenters. The Morgan fingerprint density at radius 2 is 2.05 bits per heavy atom. The summed E-state index contributed by atoms with van der Waals surface area (Å²) in [5.41, 5.74) is 0.670. The third-order valence-electron chi connectivity index (χ3n) is 3.27. The molecule has 0 saturated heterocycles. The van der Waals surface area contributed by atoms with Gasteiger partial charge >= 0.3 is 6.18 Å². The molecule has 3 aromatic rings. The van der Waals surface area contributed by atoms with Crippen LogP contribution < -0.4 is 0 Å². The van der Waals surface area contributed by atoms with E-state index in [0.29, 0.717) is 11.3 Å². The first-order valence-corrected chi connectivity index (χ1v) is 6.46. The Balaban J connectivity index is 2.11. The highest BCUT2D eigenvalue weighted by Crippen LogP contribution is 2.35. The lowest BCUT2D eigenvalue weighted by molar-refractivity contribution is -0.136. The standard InChI is InChI=1S/C14H13F3N4/c1-8(2)21-4-3-12(20-21)9-5-10-11(14(15,16)17)7-19-13(10)18-6-9/h3-8H,1-2H3,(H,18,19). The Kier molecular flexibility index (Phi) is 3.00. The minimum Gasteiger partial charge on any atom is -0.346 e. The first-order valence-electron chi connectivity index (χ1n) is 6.46. The number of nitrogens with zero attached hydrogens (tertiary/aromatic N) is 3. The maximum atomic E-state index is 12.9. The van der Waals surface area contributed by atoms with Gasteiger partial charge in [-0.1, -0.05) is 0 Å². The largest absolute Gasteiger partial charge is 0.418 e. The van der Waals surface area contributed by atoms with Crippen molar-refractivity contribution in [2.45, 2.75) is 26.1 Å². The van der Waals surface area contributed by atoms with E-state index in [9.17, 15) is 13.2 Å². The van der Waals surface area contributed by atoms with Crippen molar-refractivity contribution in [3.05, 3.63) is 36.3 Å². The zero-order chi connectivity index (χ0) is 15.2. The minimum absolute atomic E-state index is 0.0547. The summed E-state index contributed by atoms with van der Waals surface area (Å²) in [6.45, 7) is 3.96. The van der Waals surface area contributed by atoms with Crippen LogP contribution in [0.15, 0.2) is 30.7 Å². The Bertz CT molecular complexity index is 783. The van der Waals surface area contributed by atoms with Crippen molar-refractivity contribution in [3.63, 3.8) is 0 Å². The second kappa shape index (κ2) is 4.61. The molecule has 0 spiro atoms. The molecule has 0 aromatic carbocycles. The number of aromatic amines is 1. The van der Waals surface area contributed by atoms with Gasteiger partial charge in [0.15, 0.2) is 0 Å². The molecule has 0 aliphatic carbocycles. The van der Waals surface area contributed by atoms with Crippen molar-refractivity contribution >= 4 is 11.0 Å². The van der Waals surface area contributed by atoms with Crippen LogP contribution >= 0.6 is 0 Å². The van der Waals surface area contributed by atoms with Gasteiger partial charge in [-0.05, 0) is 26.0 Å². The van der Waals surface area contributed by atoms with Crippen LogP contribution in [0, 0.1) is 0 Å². The number of nitrogens with one attached hydrogen (secondary N) is 1. The molecule has 0 bridgehead atoms. The summed E-state index contributed by atoms with van der Waals surface area (Å²) in [4.78, 5) is 6.58. The lowest BCUT2D eigenvalue weighted by Gasteiger charge is -2.05. The van der Waals surface area contributed by atoms with E-state index in [4.69, 9.17) is 0 Å². The van der Waals surface area contributed by atoms with Gasteiger partial charge in [0.25, 0.3) is 0 Å². The third-order valence-corrected chi connectivity index (χ3v) is 3.27. The molecule has 0 radical (unpaired) electrons. The average Bonchev–Trinajstić information content (AvgIpc) is 3.04.